The molecule has 4 rings (SSSR count). The summed E-state index contributed by atoms with van der Waals surface area (Å²) < 4.78 is 0. The second kappa shape index (κ2) is 9.18. The Labute approximate surface area is 192 Å². The summed E-state index contributed by atoms with van der Waals surface area (Å²) in [5, 5.41) is 26.3. The minimum atomic E-state index is -0.322. The molecule has 2 atom stereocenters. The molecule has 0 heterocycles. The number of rotatable bonds is 7. The SMILES string of the molecule is CC(SSC(C)c1ccc2ccccc2c1[N+](=O)[O-])c1ccc2ccccc2c1[N+](=O)[O-]. The van der Waals surface area contributed by atoms with Gasteiger partial charge in [-0.15, -0.1) is 0 Å². The third kappa shape index (κ3) is 4.16. The van der Waals surface area contributed by atoms with Crippen LogP contribution in [-0.2, 0) is 0 Å². The quantitative estimate of drug-likeness (QED) is 0.156. The number of nitrogens with zero attached hydrogens (tertiary/aromatic N) is 2. The number of fused-ring (bicyclic) bond motifs is 2. The van der Waals surface area contributed by atoms with Crippen molar-refractivity contribution in [3.05, 3.63) is 104 Å². The Balaban J connectivity index is 1.62. The fraction of sp³-hybridized carbons (Fsp3) is 0.167. The average molecular weight is 465 g/mol. The molecule has 0 aliphatic rings. The Hall–Kier alpha value is -3.10. The molecule has 0 fully saturated rings. The lowest BCUT2D eigenvalue weighted by atomic mass is 10.0. The smallest absolute Gasteiger partial charge is 0.258 e. The summed E-state index contributed by atoms with van der Waals surface area (Å²) in [6, 6.07) is 22.0. The van der Waals surface area contributed by atoms with Gasteiger partial charge in [-0.2, -0.15) is 0 Å². The molecule has 0 N–H and O–H groups in total. The molecule has 32 heavy (non-hydrogen) atoms. The summed E-state index contributed by atoms with van der Waals surface area (Å²) in [6.07, 6.45) is 0. The standard InChI is InChI=1S/C24H20N2O4S2/c1-15(19-13-11-17-7-3-5-9-21(17)23(19)25(27)28)31-32-16(2)20-14-12-18-8-4-6-10-22(18)24(20)26(29)30/h3-16H,1-2H3. The second-order valence-corrected chi connectivity index (χ2v) is 10.4. The maximum Gasteiger partial charge on any atom is 0.281 e. The number of hydrogen-bond donors (Lipinski definition) is 0. The lowest BCUT2D eigenvalue weighted by molar-refractivity contribution is -0.383. The van der Waals surface area contributed by atoms with Crippen molar-refractivity contribution in [1.82, 2.24) is 0 Å². The van der Waals surface area contributed by atoms with Crippen molar-refractivity contribution in [2.75, 3.05) is 0 Å². The van der Waals surface area contributed by atoms with Crippen LogP contribution in [0, 0.1) is 20.2 Å². The van der Waals surface area contributed by atoms with E-state index < -0.39 is 0 Å². The topological polar surface area (TPSA) is 86.3 Å². The first-order valence-electron chi connectivity index (χ1n) is 10.0. The molecule has 0 spiro atoms. The lowest BCUT2D eigenvalue weighted by Gasteiger charge is -2.17. The number of hydrogen-bond acceptors (Lipinski definition) is 6. The highest BCUT2D eigenvalue weighted by molar-refractivity contribution is 8.76. The Morgan fingerprint density at radius 2 is 1.00 bits per heavy atom. The first-order chi connectivity index (χ1) is 15.4. The van der Waals surface area contributed by atoms with Gasteiger partial charge in [0.15, 0.2) is 0 Å². The van der Waals surface area contributed by atoms with Crippen molar-refractivity contribution < 1.29 is 9.85 Å². The van der Waals surface area contributed by atoms with E-state index >= 15 is 0 Å². The number of nitro groups is 2. The highest BCUT2D eigenvalue weighted by atomic mass is 33.1. The molecule has 0 aliphatic carbocycles. The largest absolute Gasteiger partial charge is 0.281 e. The van der Waals surface area contributed by atoms with Crippen LogP contribution in [0.25, 0.3) is 21.5 Å². The maximum absolute atomic E-state index is 11.9. The maximum atomic E-state index is 11.9. The molecular formula is C24H20N2O4S2. The van der Waals surface area contributed by atoms with Gasteiger partial charge in [0.2, 0.25) is 0 Å². The molecule has 2 unspecified atom stereocenters. The lowest BCUT2D eigenvalue weighted by Crippen LogP contribution is -2.00. The highest BCUT2D eigenvalue weighted by Gasteiger charge is 2.26. The van der Waals surface area contributed by atoms with Gasteiger partial charge in [-0.3, -0.25) is 20.2 Å². The fourth-order valence-corrected chi connectivity index (χ4v) is 6.42. The zero-order chi connectivity index (χ0) is 22.8. The molecule has 4 aromatic rings. The normalized spacial score (nSPS) is 13.2. The van der Waals surface area contributed by atoms with Gasteiger partial charge in [-0.1, -0.05) is 82.3 Å². The first-order valence-corrected chi connectivity index (χ1v) is 12.3. The Morgan fingerprint density at radius 3 is 1.38 bits per heavy atom. The van der Waals surface area contributed by atoms with Crippen molar-refractivity contribution in [2.24, 2.45) is 0 Å². The summed E-state index contributed by atoms with van der Waals surface area (Å²) in [5.74, 6) is 0. The predicted molar refractivity (Wildman–Crippen MR) is 133 cm³/mol. The molecule has 0 bridgehead atoms. The van der Waals surface area contributed by atoms with Gasteiger partial charge in [0, 0.05) is 21.6 Å². The Kier molecular flexibility index (Phi) is 6.34. The molecule has 0 saturated carbocycles. The fourth-order valence-electron chi connectivity index (χ4n) is 3.88. The van der Waals surface area contributed by atoms with Gasteiger partial charge in [-0.05, 0) is 36.8 Å². The molecule has 6 nitrogen and oxygen atoms in total. The average Bonchev–Trinajstić information content (AvgIpc) is 2.80. The van der Waals surface area contributed by atoms with Crippen LogP contribution >= 0.6 is 21.6 Å². The minimum Gasteiger partial charge on any atom is -0.258 e. The van der Waals surface area contributed by atoms with Gasteiger partial charge in [-0.25, -0.2) is 0 Å². The molecule has 0 radical (unpaired) electrons. The van der Waals surface area contributed by atoms with Crippen LogP contribution in [0.1, 0.15) is 35.5 Å². The summed E-state index contributed by atoms with van der Waals surface area (Å²) in [7, 11) is 2.98. The molecule has 4 aromatic carbocycles. The second-order valence-electron chi connectivity index (χ2n) is 7.44. The van der Waals surface area contributed by atoms with Gasteiger partial charge >= 0.3 is 0 Å². The van der Waals surface area contributed by atoms with Crippen molar-refractivity contribution >= 4 is 54.5 Å². The van der Waals surface area contributed by atoms with Crippen LogP contribution in [-0.4, -0.2) is 9.85 Å². The van der Waals surface area contributed by atoms with Gasteiger partial charge < -0.3 is 0 Å². The van der Waals surface area contributed by atoms with Gasteiger partial charge in [0.05, 0.1) is 20.6 Å². The van der Waals surface area contributed by atoms with E-state index in [-0.39, 0.29) is 31.7 Å². The van der Waals surface area contributed by atoms with Crippen LogP contribution in [0.2, 0.25) is 0 Å². The van der Waals surface area contributed by atoms with Crippen molar-refractivity contribution in [3.8, 4) is 0 Å². The highest BCUT2D eigenvalue weighted by Crippen LogP contribution is 2.50. The van der Waals surface area contributed by atoms with E-state index in [2.05, 4.69) is 0 Å². The van der Waals surface area contributed by atoms with Gasteiger partial charge in [0.25, 0.3) is 11.4 Å². The predicted octanol–water partition coefficient (Wildman–Crippen LogP) is 8.01. The van der Waals surface area contributed by atoms with Crippen LogP contribution in [0.15, 0.2) is 72.8 Å². The molecule has 0 amide bonds. The van der Waals surface area contributed by atoms with E-state index in [4.69, 9.17) is 0 Å². The summed E-state index contributed by atoms with van der Waals surface area (Å²) in [4.78, 5) is 23.1. The summed E-state index contributed by atoms with van der Waals surface area (Å²) in [6.45, 7) is 3.85. The summed E-state index contributed by atoms with van der Waals surface area (Å²) >= 11 is 0. The van der Waals surface area contributed by atoms with E-state index in [0.717, 1.165) is 10.8 Å². The van der Waals surface area contributed by atoms with E-state index in [0.29, 0.717) is 21.9 Å². The van der Waals surface area contributed by atoms with Crippen LogP contribution in [0.5, 0.6) is 0 Å². The molecule has 162 valence electrons. The van der Waals surface area contributed by atoms with E-state index in [1.807, 2.05) is 62.4 Å². The Morgan fingerprint density at radius 1 is 0.625 bits per heavy atom. The van der Waals surface area contributed by atoms with Crippen LogP contribution in [0.4, 0.5) is 11.4 Å². The minimum absolute atomic E-state index is 0.119. The number of benzene rings is 4. The van der Waals surface area contributed by atoms with Crippen molar-refractivity contribution in [2.45, 2.75) is 24.3 Å². The summed E-state index contributed by atoms with van der Waals surface area (Å²) in [5.41, 5.74) is 1.53. The zero-order valence-electron chi connectivity index (χ0n) is 17.4. The van der Waals surface area contributed by atoms with E-state index in [1.165, 1.54) is 21.6 Å². The Bertz CT molecular complexity index is 1240. The van der Waals surface area contributed by atoms with E-state index in [9.17, 15) is 20.2 Å². The monoisotopic (exact) mass is 464 g/mol. The van der Waals surface area contributed by atoms with E-state index in [1.54, 1.807) is 24.3 Å². The third-order valence-corrected chi connectivity index (χ3v) is 8.71. The van der Waals surface area contributed by atoms with Crippen LogP contribution in [0.3, 0.4) is 0 Å². The van der Waals surface area contributed by atoms with Crippen molar-refractivity contribution in [3.63, 3.8) is 0 Å². The zero-order valence-corrected chi connectivity index (χ0v) is 19.1. The third-order valence-electron chi connectivity index (χ3n) is 5.45. The molecule has 0 aliphatic heterocycles. The molecule has 8 heteroatoms. The van der Waals surface area contributed by atoms with Gasteiger partial charge in [0.1, 0.15) is 0 Å². The molecular weight excluding hydrogens is 444 g/mol. The first kappa shape index (κ1) is 22.1. The van der Waals surface area contributed by atoms with Crippen molar-refractivity contribution in [1.29, 1.82) is 0 Å². The molecule has 0 aromatic heterocycles. The molecule has 0 saturated heterocycles. The van der Waals surface area contributed by atoms with Crippen LogP contribution < -0.4 is 0 Å². The number of nitro benzene ring substituents is 2.